The summed E-state index contributed by atoms with van der Waals surface area (Å²) >= 11 is 0. The van der Waals surface area contributed by atoms with Crippen LogP contribution in [0.5, 0.6) is 17.2 Å². The zero-order chi connectivity index (χ0) is 22.8. The minimum absolute atomic E-state index is 0.0906. The maximum absolute atomic E-state index is 14.3. The van der Waals surface area contributed by atoms with Crippen molar-refractivity contribution in [1.82, 2.24) is 0 Å². The van der Waals surface area contributed by atoms with E-state index in [0.29, 0.717) is 5.75 Å². The predicted molar refractivity (Wildman–Crippen MR) is 130 cm³/mol. The molecule has 1 atom stereocenters. The molecule has 0 radical (unpaired) electrons. The molecule has 32 heavy (non-hydrogen) atoms. The molecule has 168 valence electrons. The van der Waals surface area contributed by atoms with E-state index in [0.717, 1.165) is 50.0 Å². The Bertz CT molecular complexity index is 982. The molecule has 0 N–H and O–H groups in total. The van der Waals surface area contributed by atoms with Crippen molar-refractivity contribution in [3.8, 4) is 17.2 Å². The normalized spacial score (nSPS) is 12.7. The summed E-state index contributed by atoms with van der Waals surface area (Å²) in [6, 6.07) is 22.8. The predicted octanol–water partition coefficient (Wildman–Crippen LogP) is 8.26. The Kier molecular flexibility index (Phi) is 8.49. The molecule has 0 bridgehead atoms. The topological polar surface area (TPSA) is 18.5 Å². The summed E-state index contributed by atoms with van der Waals surface area (Å²) < 4.78 is 25.7. The van der Waals surface area contributed by atoms with Crippen molar-refractivity contribution in [2.24, 2.45) is 0 Å². The number of allylic oxidation sites excluding steroid dienone is 1. The molecule has 0 fully saturated rings. The van der Waals surface area contributed by atoms with Gasteiger partial charge in [0, 0.05) is 5.41 Å². The summed E-state index contributed by atoms with van der Waals surface area (Å²) in [5, 5.41) is 0. The Balaban J connectivity index is 1.66. The van der Waals surface area contributed by atoms with Crippen LogP contribution in [0.3, 0.4) is 0 Å². The molecule has 3 heteroatoms. The van der Waals surface area contributed by atoms with Crippen molar-refractivity contribution in [1.29, 1.82) is 0 Å². The molecule has 0 amide bonds. The molecule has 1 unspecified atom stereocenters. The third kappa shape index (κ3) is 6.00. The van der Waals surface area contributed by atoms with E-state index in [4.69, 9.17) is 9.47 Å². The molecule has 3 rings (SSSR count). The Morgan fingerprint density at radius 1 is 0.938 bits per heavy atom. The van der Waals surface area contributed by atoms with E-state index in [1.807, 2.05) is 54.6 Å². The Morgan fingerprint density at radius 3 is 2.34 bits per heavy atom. The first kappa shape index (κ1) is 23.6. The quantitative estimate of drug-likeness (QED) is 0.268. The Hall–Kier alpha value is -3.07. The lowest BCUT2D eigenvalue weighted by atomic mass is 9.74. The van der Waals surface area contributed by atoms with E-state index in [2.05, 4.69) is 38.6 Å². The van der Waals surface area contributed by atoms with Crippen LogP contribution < -0.4 is 9.47 Å². The Labute approximate surface area is 191 Å². The van der Waals surface area contributed by atoms with Crippen molar-refractivity contribution < 1.29 is 13.9 Å². The van der Waals surface area contributed by atoms with Crippen LogP contribution in [-0.4, -0.2) is 6.61 Å². The highest BCUT2D eigenvalue weighted by Gasteiger charge is 2.26. The molecule has 3 aromatic rings. The van der Waals surface area contributed by atoms with E-state index in [-0.39, 0.29) is 17.0 Å². The third-order valence-electron chi connectivity index (χ3n) is 5.98. The van der Waals surface area contributed by atoms with Crippen molar-refractivity contribution in [3.63, 3.8) is 0 Å². The fourth-order valence-corrected chi connectivity index (χ4v) is 4.00. The lowest BCUT2D eigenvalue weighted by Crippen LogP contribution is -2.22. The van der Waals surface area contributed by atoms with Gasteiger partial charge in [0.05, 0.1) is 6.61 Å². The van der Waals surface area contributed by atoms with Crippen molar-refractivity contribution >= 4 is 0 Å². The summed E-state index contributed by atoms with van der Waals surface area (Å²) in [4.78, 5) is 0. The number of benzene rings is 3. The second-order valence-electron chi connectivity index (χ2n) is 8.12. The summed E-state index contributed by atoms with van der Waals surface area (Å²) in [6.45, 7) is 9.18. The van der Waals surface area contributed by atoms with Gasteiger partial charge in [-0.2, -0.15) is 0 Å². The van der Waals surface area contributed by atoms with Gasteiger partial charge < -0.3 is 9.47 Å². The first-order valence-corrected chi connectivity index (χ1v) is 11.5. The highest BCUT2D eigenvalue weighted by atomic mass is 19.1. The molecule has 3 aromatic carbocycles. The molecule has 0 aromatic heterocycles. The highest BCUT2D eigenvalue weighted by molar-refractivity contribution is 5.37. The molecule has 0 aliphatic rings. The molecule has 0 heterocycles. The first-order chi connectivity index (χ1) is 15.6. The summed E-state index contributed by atoms with van der Waals surface area (Å²) in [5.74, 6) is 1.45. The van der Waals surface area contributed by atoms with Gasteiger partial charge in [0.25, 0.3) is 0 Å². The maximum atomic E-state index is 14.3. The number of ether oxygens (including phenoxy) is 2. The largest absolute Gasteiger partial charge is 0.494 e. The van der Waals surface area contributed by atoms with Crippen molar-refractivity contribution in [2.45, 2.75) is 51.4 Å². The number of hydrogen-bond donors (Lipinski definition) is 0. The minimum Gasteiger partial charge on any atom is -0.494 e. The van der Waals surface area contributed by atoms with Gasteiger partial charge in [-0.15, -0.1) is 6.58 Å². The second-order valence-corrected chi connectivity index (χ2v) is 8.12. The van der Waals surface area contributed by atoms with Gasteiger partial charge >= 0.3 is 0 Å². The fourth-order valence-electron chi connectivity index (χ4n) is 4.00. The number of para-hydroxylation sites is 1. The van der Waals surface area contributed by atoms with Crippen molar-refractivity contribution in [2.75, 3.05) is 6.61 Å². The monoisotopic (exact) mass is 432 g/mol. The van der Waals surface area contributed by atoms with Gasteiger partial charge in [-0.3, -0.25) is 0 Å². The molecular weight excluding hydrogens is 399 g/mol. The van der Waals surface area contributed by atoms with Crippen LogP contribution in [0.15, 0.2) is 85.5 Å². The number of aryl methyl sites for hydroxylation is 1. The van der Waals surface area contributed by atoms with E-state index in [9.17, 15) is 4.39 Å². The number of halogens is 1. The zero-order valence-electron chi connectivity index (χ0n) is 19.1. The van der Waals surface area contributed by atoms with Crippen LogP contribution >= 0.6 is 0 Å². The van der Waals surface area contributed by atoms with E-state index >= 15 is 0 Å². The third-order valence-corrected chi connectivity index (χ3v) is 5.98. The molecule has 0 spiro atoms. The van der Waals surface area contributed by atoms with Crippen LogP contribution in [0.25, 0.3) is 0 Å². The number of rotatable bonds is 12. The van der Waals surface area contributed by atoms with Crippen molar-refractivity contribution in [3.05, 3.63) is 102 Å². The average molecular weight is 433 g/mol. The van der Waals surface area contributed by atoms with Gasteiger partial charge in [-0.05, 0) is 79.6 Å². The second kappa shape index (κ2) is 11.5. The van der Waals surface area contributed by atoms with Crippen LogP contribution in [0.4, 0.5) is 4.39 Å². The fraction of sp³-hybridized carbons (Fsp3) is 0.310. The lowest BCUT2D eigenvalue weighted by Gasteiger charge is -2.30. The molecule has 0 saturated carbocycles. The average Bonchev–Trinajstić information content (AvgIpc) is 2.84. The molecule has 2 nitrogen and oxygen atoms in total. The van der Waals surface area contributed by atoms with Crippen LogP contribution in [-0.2, 0) is 11.8 Å². The van der Waals surface area contributed by atoms with Gasteiger partial charge in [-0.25, -0.2) is 4.39 Å². The van der Waals surface area contributed by atoms with Crippen LogP contribution in [0.1, 0.15) is 50.7 Å². The standard InChI is InChI=1S/C29H33FO2/c1-4-21-31-25-17-15-24(16-18-25)29(5-2,6-3)20-10-11-23-14-19-27(30)28(22-23)32-26-12-8-7-9-13-26/h5,7-9,12-19,22H,2,4,6,10-11,20-21H2,1,3H3. The van der Waals surface area contributed by atoms with Gasteiger partial charge in [0.15, 0.2) is 11.6 Å². The minimum atomic E-state index is -0.350. The Morgan fingerprint density at radius 2 is 1.69 bits per heavy atom. The molecule has 0 aliphatic heterocycles. The molecular formula is C29H33FO2. The highest BCUT2D eigenvalue weighted by Crippen LogP contribution is 2.36. The molecule has 0 saturated heterocycles. The van der Waals surface area contributed by atoms with E-state index in [1.54, 1.807) is 0 Å². The summed E-state index contributed by atoms with van der Waals surface area (Å²) in [5.41, 5.74) is 2.23. The zero-order valence-corrected chi connectivity index (χ0v) is 19.1. The van der Waals surface area contributed by atoms with Gasteiger partial charge in [0.2, 0.25) is 0 Å². The summed E-state index contributed by atoms with van der Waals surface area (Å²) in [7, 11) is 0. The van der Waals surface area contributed by atoms with Crippen LogP contribution in [0.2, 0.25) is 0 Å². The van der Waals surface area contributed by atoms with Gasteiger partial charge in [0.1, 0.15) is 11.5 Å². The van der Waals surface area contributed by atoms with Gasteiger partial charge in [-0.1, -0.05) is 56.3 Å². The molecule has 0 aliphatic carbocycles. The SMILES string of the molecule is C=CC(CC)(CCCc1ccc(F)c(Oc2ccccc2)c1)c1ccc(OCCC)cc1. The maximum Gasteiger partial charge on any atom is 0.165 e. The van der Waals surface area contributed by atoms with E-state index in [1.165, 1.54) is 11.6 Å². The van der Waals surface area contributed by atoms with E-state index < -0.39 is 0 Å². The first-order valence-electron chi connectivity index (χ1n) is 11.5. The lowest BCUT2D eigenvalue weighted by molar-refractivity contribution is 0.317. The number of hydrogen-bond acceptors (Lipinski definition) is 2. The van der Waals surface area contributed by atoms with Crippen LogP contribution in [0, 0.1) is 5.82 Å². The smallest absolute Gasteiger partial charge is 0.165 e. The summed E-state index contributed by atoms with van der Waals surface area (Å²) in [6.07, 6.45) is 6.81.